The van der Waals surface area contributed by atoms with Gasteiger partial charge in [0.25, 0.3) is 5.91 Å². The molecule has 0 bridgehead atoms. The Morgan fingerprint density at radius 1 is 1.23 bits per heavy atom. The summed E-state index contributed by atoms with van der Waals surface area (Å²) in [4.78, 5) is 12.1. The highest BCUT2D eigenvalue weighted by molar-refractivity contribution is 6.02. The topological polar surface area (TPSA) is 73.0 Å². The molecule has 2 heterocycles. The molecule has 3 aromatic rings. The van der Waals surface area contributed by atoms with Crippen molar-refractivity contribution in [3.8, 4) is 5.69 Å². The lowest BCUT2D eigenvalue weighted by Crippen LogP contribution is -2.13. The van der Waals surface area contributed by atoms with Gasteiger partial charge in [-0.25, -0.2) is 9.07 Å². The van der Waals surface area contributed by atoms with Gasteiger partial charge in [0.1, 0.15) is 11.6 Å². The molecule has 0 atom stereocenters. The maximum absolute atomic E-state index is 13.0. The van der Waals surface area contributed by atoms with Crippen LogP contribution >= 0.6 is 0 Å². The number of amides is 1. The largest absolute Gasteiger partial charge is 0.360 e. The lowest BCUT2D eigenvalue weighted by atomic mass is 10.3. The summed E-state index contributed by atoms with van der Waals surface area (Å²) < 4.78 is 19.4. The highest BCUT2D eigenvalue weighted by atomic mass is 19.1. The van der Waals surface area contributed by atoms with Gasteiger partial charge in [0.15, 0.2) is 11.5 Å². The summed E-state index contributed by atoms with van der Waals surface area (Å²) in [6, 6.07) is 9.13. The number of hydrogen-bond acceptors (Lipinski definition) is 4. The fourth-order valence-electron chi connectivity index (χ4n) is 2.03. The molecule has 0 spiro atoms. The fraction of sp³-hybridized carbons (Fsp3) is 0.133. The van der Waals surface area contributed by atoms with E-state index in [0.717, 1.165) is 5.69 Å². The Morgan fingerprint density at radius 2 is 1.95 bits per heavy atom. The fourth-order valence-corrected chi connectivity index (χ4v) is 2.03. The third kappa shape index (κ3) is 2.73. The Hall–Kier alpha value is -2.96. The molecule has 6 nitrogen and oxygen atoms in total. The van der Waals surface area contributed by atoms with Crippen LogP contribution in [0.25, 0.3) is 5.69 Å². The molecule has 0 fully saturated rings. The number of benzene rings is 1. The molecule has 112 valence electrons. The lowest BCUT2D eigenvalue weighted by molar-refractivity contribution is 0.102. The Kier molecular flexibility index (Phi) is 3.46. The maximum Gasteiger partial charge on any atom is 0.277 e. The first-order valence-electron chi connectivity index (χ1n) is 6.60. The van der Waals surface area contributed by atoms with Gasteiger partial charge in [0, 0.05) is 11.8 Å². The van der Waals surface area contributed by atoms with Gasteiger partial charge in [-0.05, 0) is 44.2 Å². The highest BCUT2D eigenvalue weighted by Crippen LogP contribution is 2.14. The Bertz CT molecular complexity index is 820. The SMILES string of the molecule is Cc1cc(NC(=O)c2cc(C)n(-c3ccc(F)cc3)n2)no1. The first kappa shape index (κ1) is 14.0. The van der Waals surface area contributed by atoms with Crippen molar-refractivity contribution in [2.45, 2.75) is 13.8 Å². The van der Waals surface area contributed by atoms with Gasteiger partial charge in [-0.15, -0.1) is 0 Å². The van der Waals surface area contributed by atoms with Crippen molar-refractivity contribution in [2.75, 3.05) is 5.32 Å². The van der Waals surface area contributed by atoms with Crippen molar-refractivity contribution in [3.63, 3.8) is 0 Å². The predicted octanol–water partition coefficient (Wildman–Crippen LogP) is 2.87. The van der Waals surface area contributed by atoms with E-state index in [2.05, 4.69) is 15.6 Å². The van der Waals surface area contributed by atoms with Crippen LogP contribution in [0.5, 0.6) is 0 Å². The van der Waals surface area contributed by atoms with Gasteiger partial charge in [0.2, 0.25) is 0 Å². The second-order valence-electron chi connectivity index (χ2n) is 4.84. The lowest BCUT2D eigenvalue weighted by Gasteiger charge is -2.03. The van der Waals surface area contributed by atoms with Crippen molar-refractivity contribution in [3.05, 3.63) is 59.4 Å². The quantitative estimate of drug-likeness (QED) is 0.807. The highest BCUT2D eigenvalue weighted by Gasteiger charge is 2.15. The number of carbonyl (C=O) groups excluding carboxylic acids is 1. The molecule has 0 radical (unpaired) electrons. The van der Waals surface area contributed by atoms with E-state index in [1.54, 1.807) is 35.9 Å². The van der Waals surface area contributed by atoms with E-state index in [1.165, 1.54) is 12.1 Å². The van der Waals surface area contributed by atoms with Gasteiger partial charge >= 0.3 is 0 Å². The van der Waals surface area contributed by atoms with Crippen molar-refractivity contribution in [1.82, 2.24) is 14.9 Å². The number of nitrogens with one attached hydrogen (secondary N) is 1. The van der Waals surface area contributed by atoms with E-state index in [1.807, 2.05) is 6.92 Å². The first-order chi connectivity index (χ1) is 10.5. The number of nitrogens with zero attached hydrogens (tertiary/aromatic N) is 3. The molecule has 7 heteroatoms. The van der Waals surface area contributed by atoms with E-state index < -0.39 is 5.91 Å². The van der Waals surface area contributed by atoms with Crippen LogP contribution in [-0.4, -0.2) is 20.8 Å². The number of halogens is 1. The number of aromatic nitrogens is 3. The summed E-state index contributed by atoms with van der Waals surface area (Å²) in [5.41, 5.74) is 1.67. The van der Waals surface area contributed by atoms with Crippen LogP contribution in [0.15, 0.2) is 40.9 Å². The molecule has 1 aromatic carbocycles. The molecule has 0 unspecified atom stereocenters. The summed E-state index contributed by atoms with van der Waals surface area (Å²) in [5.74, 6) is 0.213. The van der Waals surface area contributed by atoms with Crippen LogP contribution in [-0.2, 0) is 0 Å². The third-order valence-corrected chi connectivity index (χ3v) is 3.06. The molecule has 0 aliphatic rings. The average molecular weight is 300 g/mol. The van der Waals surface area contributed by atoms with Crippen LogP contribution in [0.4, 0.5) is 10.2 Å². The van der Waals surface area contributed by atoms with Crippen LogP contribution in [0.2, 0.25) is 0 Å². The second-order valence-corrected chi connectivity index (χ2v) is 4.84. The first-order valence-corrected chi connectivity index (χ1v) is 6.60. The predicted molar refractivity (Wildman–Crippen MR) is 77.5 cm³/mol. The van der Waals surface area contributed by atoms with E-state index in [-0.39, 0.29) is 11.5 Å². The molecule has 1 N–H and O–H groups in total. The number of anilines is 1. The van der Waals surface area contributed by atoms with Crippen molar-refractivity contribution in [1.29, 1.82) is 0 Å². The van der Waals surface area contributed by atoms with Crippen LogP contribution in [0, 0.1) is 19.7 Å². The monoisotopic (exact) mass is 300 g/mol. The molecule has 22 heavy (non-hydrogen) atoms. The zero-order valence-electron chi connectivity index (χ0n) is 12.0. The minimum Gasteiger partial charge on any atom is -0.360 e. The van der Waals surface area contributed by atoms with Crippen LogP contribution < -0.4 is 5.32 Å². The minimum atomic E-state index is -0.391. The molecular formula is C15H13FN4O2. The summed E-state index contributed by atoms with van der Waals surface area (Å²) in [7, 11) is 0. The molecule has 0 saturated heterocycles. The van der Waals surface area contributed by atoms with Gasteiger partial charge in [-0.1, -0.05) is 5.16 Å². The third-order valence-electron chi connectivity index (χ3n) is 3.06. The molecule has 0 aliphatic heterocycles. The van der Waals surface area contributed by atoms with Crippen molar-refractivity contribution < 1.29 is 13.7 Å². The van der Waals surface area contributed by atoms with Crippen molar-refractivity contribution >= 4 is 11.7 Å². The molecular weight excluding hydrogens is 287 g/mol. The van der Waals surface area contributed by atoms with Crippen LogP contribution in [0.1, 0.15) is 21.9 Å². The number of carbonyl (C=O) groups is 1. The Morgan fingerprint density at radius 3 is 2.59 bits per heavy atom. The van der Waals surface area contributed by atoms with E-state index >= 15 is 0 Å². The van der Waals surface area contributed by atoms with Crippen molar-refractivity contribution in [2.24, 2.45) is 0 Å². The van der Waals surface area contributed by atoms with Gasteiger partial charge in [0.05, 0.1) is 5.69 Å². The molecule has 2 aromatic heterocycles. The number of hydrogen-bond donors (Lipinski definition) is 1. The minimum absolute atomic E-state index is 0.238. The maximum atomic E-state index is 13.0. The zero-order chi connectivity index (χ0) is 15.7. The normalized spacial score (nSPS) is 10.7. The zero-order valence-corrected chi connectivity index (χ0v) is 12.0. The summed E-state index contributed by atoms with van der Waals surface area (Å²) in [6.07, 6.45) is 0. The summed E-state index contributed by atoms with van der Waals surface area (Å²) in [5, 5.41) is 10.5. The number of aryl methyl sites for hydroxylation is 2. The van der Waals surface area contributed by atoms with Gasteiger partial charge in [-0.3, -0.25) is 4.79 Å². The molecule has 0 aliphatic carbocycles. The summed E-state index contributed by atoms with van der Waals surface area (Å²) >= 11 is 0. The van der Waals surface area contributed by atoms with Crippen LogP contribution in [0.3, 0.4) is 0 Å². The second kappa shape index (κ2) is 5.44. The Balaban J connectivity index is 1.85. The van der Waals surface area contributed by atoms with E-state index in [4.69, 9.17) is 4.52 Å². The molecule has 3 rings (SSSR count). The number of rotatable bonds is 3. The standard InChI is InChI=1S/C15H13FN4O2/c1-9-7-13(15(21)17-14-8-10(2)22-19-14)18-20(9)12-5-3-11(16)4-6-12/h3-8H,1-2H3,(H,17,19,21). The summed E-state index contributed by atoms with van der Waals surface area (Å²) in [6.45, 7) is 3.55. The van der Waals surface area contributed by atoms with E-state index in [9.17, 15) is 9.18 Å². The Labute approximate surface area is 125 Å². The molecule has 1 amide bonds. The van der Waals surface area contributed by atoms with E-state index in [0.29, 0.717) is 17.3 Å². The smallest absolute Gasteiger partial charge is 0.277 e. The van der Waals surface area contributed by atoms with Gasteiger partial charge in [-0.2, -0.15) is 5.10 Å². The molecule has 0 saturated carbocycles. The average Bonchev–Trinajstić information content (AvgIpc) is 3.06. The van der Waals surface area contributed by atoms with Gasteiger partial charge < -0.3 is 9.84 Å².